The van der Waals surface area contributed by atoms with Crippen molar-refractivity contribution in [2.24, 2.45) is 5.73 Å². The molecule has 0 saturated carbocycles. The number of ether oxygens (including phenoxy) is 2. The van der Waals surface area contributed by atoms with E-state index in [0.29, 0.717) is 0 Å². The van der Waals surface area contributed by atoms with Crippen LogP contribution < -0.4 is 11.5 Å². The Kier molecular flexibility index (Phi) is 14.7. The van der Waals surface area contributed by atoms with Gasteiger partial charge in [0.25, 0.3) is 0 Å². The quantitative estimate of drug-likeness (QED) is 0.0803. The molecule has 1 amide bonds. The summed E-state index contributed by atoms with van der Waals surface area (Å²) in [6, 6.07) is 0. The number of nitrogens with zero attached hydrogens (tertiary/aromatic N) is 5. The van der Waals surface area contributed by atoms with Crippen LogP contribution >= 0.6 is 15.6 Å². The SMILES string of the molecule is NC(=O)C1=CN([C@@H]2O[C@H](COP(=O)(O)OP(=O)(O)OC[C@H]3O[C@@H](n4cnc5c(N)ncnc54)[C@H](O)[C@@H]3O)[C@@H](O)[C@H]2O)C=CC1.[KH].[KH]. The van der Waals surface area contributed by atoms with E-state index in [0.717, 1.165) is 6.33 Å². The van der Waals surface area contributed by atoms with Gasteiger partial charge in [0.1, 0.15) is 48.5 Å². The molecule has 5 heterocycles. The minimum atomic E-state index is -5.37. The predicted molar refractivity (Wildman–Crippen MR) is 156 cm³/mol. The average Bonchev–Trinajstić information content (AvgIpc) is 3.61. The van der Waals surface area contributed by atoms with Gasteiger partial charge in [0.05, 0.1) is 19.5 Å². The Morgan fingerprint density at radius 3 is 2.09 bits per heavy atom. The van der Waals surface area contributed by atoms with Crippen molar-refractivity contribution in [1.82, 2.24) is 24.4 Å². The van der Waals surface area contributed by atoms with Crippen LogP contribution in [0.5, 0.6) is 0 Å². The first-order valence-corrected chi connectivity index (χ1v) is 15.7. The summed E-state index contributed by atoms with van der Waals surface area (Å²) in [4.78, 5) is 44.6. The van der Waals surface area contributed by atoms with E-state index in [1.165, 1.54) is 28.2 Å². The zero-order valence-corrected chi connectivity index (χ0v) is 24.2. The van der Waals surface area contributed by atoms with Crippen LogP contribution in [0.25, 0.3) is 11.2 Å². The van der Waals surface area contributed by atoms with E-state index in [1.54, 1.807) is 6.08 Å². The van der Waals surface area contributed by atoms with Crippen LogP contribution in [-0.2, 0) is 36.8 Å². The summed E-state index contributed by atoms with van der Waals surface area (Å²) in [6.45, 7) is -1.79. The Balaban J connectivity index is 0.00000288. The number of aliphatic hydroxyl groups is 4. The number of primary amides is 1. The Morgan fingerprint density at radius 1 is 0.935 bits per heavy atom. The number of imidazole rings is 1. The van der Waals surface area contributed by atoms with Crippen LogP contribution in [0.1, 0.15) is 12.6 Å². The van der Waals surface area contributed by atoms with Crippen molar-refractivity contribution in [2.75, 3.05) is 18.9 Å². The third-order valence-electron chi connectivity index (χ3n) is 6.88. The van der Waals surface area contributed by atoms with Gasteiger partial charge in [-0.15, -0.1) is 0 Å². The van der Waals surface area contributed by atoms with Crippen molar-refractivity contribution in [1.29, 1.82) is 0 Å². The summed E-state index contributed by atoms with van der Waals surface area (Å²) in [5, 5.41) is 41.6. The van der Waals surface area contributed by atoms with Crippen LogP contribution in [0.15, 0.2) is 36.7 Å². The van der Waals surface area contributed by atoms with Gasteiger partial charge in [0, 0.05) is 18.0 Å². The van der Waals surface area contributed by atoms with E-state index >= 15 is 0 Å². The number of aromatic nitrogens is 4. The second-order valence-corrected chi connectivity index (χ2v) is 12.9. The molecule has 0 aromatic carbocycles. The minimum absolute atomic E-state index is 0. The van der Waals surface area contributed by atoms with Gasteiger partial charge in [-0.3, -0.25) is 18.4 Å². The van der Waals surface area contributed by atoms with E-state index in [2.05, 4.69) is 19.3 Å². The number of phosphoric ester groups is 2. The molecule has 25 heteroatoms. The number of nitrogens with two attached hydrogens (primary N) is 2. The number of nitrogen functional groups attached to an aromatic ring is 1. The van der Waals surface area contributed by atoms with E-state index in [1.807, 2.05) is 0 Å². The van der Waals surface area contributed by atoms with Gasteiger partial charge in [0.15, 0.2) is 23.9 Å². The van der Waals surface area contributed by atoms with Crippen LogP contribution in [0, 0.1) is 0 Å². The topological polar surface area (TPSA) is 318 Å². The fraction of sp³-hybridized carbons (Fsp3) is 0.524. The summed E-state index contributed by atoms with van der Waals surface area (Å²) in [7, 11) is -10.7. The van der Waals surface area contributed by atoms with E-state index in [9.17, 15) is 44.1 Å². The number of aliphatic hydroxyl groups excluding tert-OH is 4. The number of carbonyl (C=O) groups excluding carboxylic acids is 1. The van der Waals surface area contributed by atoms with Gasteiger partial charge in [0.2, 0.25) is 5.91 Å². The second kappa shape index (κ2) is 16.6. The Bertz CT molecular complexity index is 1570. The maximum atomic E-state index is 12.4. The third-order valence-corrected chi connectivity index (χ3v) is 9.48. The van der Waals surface area contributed by atoms with Crippen LogP contribution in [0.4, 0.5) is 5.82 Å². The van der Waals surface area contributed by atoms with Crippen molar-refractivity contribution < 1.29 is 67.0 Å². The van der Waals surface area contributed by atoms with Crippen molar-refractivity contribution >= 4 is 141 Å². The number of hydrogen-bond donors (Lipinski definition) is 8. The monoisotopic (exact) mass is 745 g/mol. The Morgan fingerprint density at radius 2 is 1.50 bits per heavy atom. The fourth-order valence-corrected chi connectivity index (χ4v) is 6.77. The second-order valence-electron chi connectivity index (χ2n) is 9.84. The van der Waals surface area contributed by atoms with Gasteiger partial charge < -0.3 is 56.1 Å². The number of anilines is 1. The van der Waals surface area contributed by atoms with Gasteiger partial charge in [-0.05, 0) is 6.42 Å². The predicted octanol–water partition coefficient (Wildman–Crippen LogP) is -3.98. The van der Waals surface area contributed by atoms with Gasteiger partial charge in [-0.1, -0.05) is 6.08 Å². The normalized spacial score (nSPS) is 31.9. The Labute approximate surface area is 345 Å². The first kappa shape index (κ1) is 40.8. The molecule has 2 unspecified atom stereocenters. The van der Waals surface area contributed by atoms with E-state index in [4.69, 9.17) is 30.0 Å². The number of hydrogen-bond acceptors (Lipinski definition) is 17. The summed E-state index contributed by atoms with van der Waals surface area (Å²) in [6.07, 6.45) is -4.88. The van der Waals surface area contributed by atoms with Crippen LogP contribution in [0.3, 0.4) is 0 Å². The molecule has 2 aromatic rings. The molecule has 2 fully saturated rings. The molecule has 21 nitrogen and oxygen atoms in total. The van der Waals surface area contributed by atoms with Crippen molar-refractivity contribution in [3.05, 3.63) is 36.7 Å². The molecule has 10 N–H and O–H groups in total. The number of rotatable bonds is 11. The molecule has 2 saturated heterocycles. The Hall–Kier alpha value is 0.393. The molecular weight excluding hydrogens is 714 g/mol. The number of phosphoric acid groups is 2. The molecule has 3 aliphatic heterocycles. The van der Waals surface area contributed by atoms with E-state index in [-0.39, 0.29) is 132 Å². The molecule has 46 heavy (non-hydrogen) atoms. The number of allylic oxidation sites excluding steroid dienone is 1. The third kappa shape index (κ3) is 9.19. The molecule has 0 aliphatic carbocycles. The summed E-state index contributed by atoms with van der Waals surface area (Å²) in [5.74, 6) is -0.658. The maximum absolute atomic E-state index is 12.4. The molecule has 0 bridgehead atoms. The zero-order chi connectivity index (χ0) is 32.0. The fourth-order valence-electron chi connectivity index (χ4n) is 4.68. The number of carbonyl (C=O) groups is 1. The first-order valence-electron chi connectivity index (χ1n) is 12.7. The molecule has 10 atom stereocenters. The molecule has 246 valence electrons. The van der Waals surface area contributed by atoms with Gasteiger partial charge in [-0.25, -0.2) is 24.1 Å². The molecule has 0 radical (unpaired) electrons. The molecule has 0 spiro atoms. The van der Waals surface area contributed by atoms with Crippen molar-refractivity contribution in [3.8, 4) is 0 Å². The van der Waals surface area contributed by atoms with Gasteiger partial charge in [-0.2, -0.15) is 4.31 Å². The molecular formula is C21H31K2N7O14P2. The van der Waals surface area contributed by atoms with Crippen molar-refractivity contribution in [2.45, 2.75) is 55.5 Å². The summed E-state index contributed by atoms with van der Waals surface area (Å²) >= 11 is 0. The molecule has 5 rings (SSSR count). The summed E-state index contributed by atoms with van der Waals surface area (Å²) < 4.78 is 50.8. The zero-order valence-electron chi connectivity index (χ0n) is 22.4. The average molecular weight is 746 g/mol. The van der Waals surface area contributed by atoms with Gasteiger partial charge >= 0.3 is 118 Å². The molecule has 3 aliphatic rings. The van der Waals surface area contributed by atoms with Crippen molar-refractivity contribution in [3.63, 3.8) is 0 Å². The number of fused-ring (bicyclic) bond motifs is 1. The molecule has 2 aromatic heterocycles. The van der Waals surface area contributed by atoms with Crippen LogP contribution in [0.2, 0.25) is 0 Å². The summed E-state index contributed by atoms with van der Waals surface area (Å²) in [5.41, 5.74) is 11.6. The standard InChI is InChI=1S/C21H29N7O14P2.2K.2H/c22-17-12-19(25-7-24-17)28(8-26-12)21-16(32)14(30)11(41-21)6-39-44(36,37)42-43(34,35)38-5-10-13(29)15(31)20(40-10)27-3-1-2-9(4-27)18(23)33;;;;/h1,3-4,7-8,10-11,13-16,20-21,29-32H,2,5-6H2,(H2,23,33)(H,34,35)(H,36,37)(H2,22,24,25);;;;/t10-,11-,13-,14-,15-,16-,20-,21-;;;;/m1..../s1. The van der Waals surface area contributed by atoms with E-state index < -0.39 is 83.8 Å². The number of amides is 1. The van der Waals surface area contributed by atoms with Crippen LogP contribution in [-0.4, -0.2) is 219 Å². The first-order chi connectivity index (χ1) is 20.7.